The fraction of sp³-hybridized carbons (Fsp3) is 0.118. The minimum absolute atomic E-state index is 0.173. The molecule has 0 aliphatic heterocycles. The predicted octanol–water partition coefficient (Wildman–Crippen LogP) is 4.07. The topological polar surface area (TPSA) is 29.5 Å². The molecule has 0 fully saturated rings. The van der Waals surface area contributed by atoms with Crippen LogP contribution in [0, 0.1) is 0 Å². The maximum absolute atomic E-state index is 12.1. The van der Waals surface area contributed by atoms with Gasteiger partial charge in [0.05, 0.1) is 13.7 Å². The Labute approximate surface area is 129 Å². The molecule has 0 unspecified atom stereocenters. The lowest BCUT2D eigenvalue weighted by Gasteiger charge is -2.22. The average Bonchev–Trinajstić information content (AvgIpc) is 2.52. The van der Waals surface area contributed by atoms with Crippen LogP contribution < -0.4 is 9.64 Å². The van der Waals surface area contributed by atoms with Crippen LogP contribution in [-0.2, 0) is 11.3 Å². The third-order valence-electron chi connectivity index (χ3n) is 3.06. The maximum Gasteiger partial charge on any atom is 0.250 e. The second kappa shape index (κ2) is 6.95. The Bertz CT molecular complexity index is 637. The zero-order chi connectivity index (χ0) is 15.2. The van der Waals surface area contributed by atoms with Crippen molar-refractivity contribution in [2.45, 2.75) is 6.54 Å². The van der Waals surface area contributed by atoms with E-state index in [0.29, 0.717) is 11.6 Å². The Morgan fingerprint density at radius 2 is 2.00 bits per heavy atom. The number of methoxy groups -OCH3 is 1. The average molecular weight is 302 g/mol. The highest BCUT2D eigenvalue weighted by Crippen LogP contribution is 2.22. The second-order valence-corrected chi connectivity index (χ2v) is 4.89. The van der Waals surface area contributed by atoms with E-state index in [1.54, 1.807) is 24.1 Å². The molecule has 108 valence electrons. The number of carbonyl (C=O) groups excluding carboxylic acids is 1. The zero-order valence-corrected chi connectivity index (χ0v) is 12.5. The number of halogens is 1. The van der Waals surface area contributed by atoms with Crippen molar-refractivity contribution in [2.75, 3.05) is 12.0 Å². The van der Waals surface area contributed by atoms with Crippen LogP contribution in [-0.4, -0.2) is 13.0 Å². The number of nitrogens with zero attached hydrogens (tertiary/aromatic N) is 1. The molecule has 1 amide bonds. The third-order valence-corrected chi connectivity index (χ3v) is 3.30. The standard InChI is InChI=1S/C17H16ClNO2/c1-3-17(20)19(15-6-4-5-14(18)11-15)12-13-7-9-16(21-2)10-8-13/h3-11H,1,12H2,2H3. The first-order valence-electron chi connectivity index (χ1n) is 6.46. The Kier molecular flexibility index (Phi) is 5.01. The Hall–Kier alpha value is -2.26. The van der Waals surface area contributed by atoms with Crippen LogP contribution in [0.25, 0.3) is 0 Å². The Morgan fingerprint density at radius 3 is 2.57 bits per heavy atom. The number of hydrogen-bond donors (Lipinski definition) is 0. The second-order valence-electron chi connectivity index (χ2n) is 4.46. The van der Waals surface area contributed by atoms with Gasteiger partial charge in [-0.1, -0.05) is 36.4 Å². The molecule has 2 aromatic carbocycles. The monoisotopic (exact) mass is 301 g/mol. The molecule has 0 heterocycles. The number of benzene rings is 2. The summed E-state index contributed by atoms with van der Waals surface area (Å²) in [6, 6.07) is 14.8. The van der Waals surface area contributed by atoms with Gasteiger partial charge >= 0.3 is 0 Å². The van der Waals surface area contributed by atoms with Crippen molar-refractivity contribution >= 4 is 23.2 Å². The number of rotatable bonds is 5. The molecule has 0 aromatic heterocycles. The molecule has 0 spiro atoms. The van der Waals surface area contributed by atoms with Crippen molar-refractivity contribution in [2.24, 2.45) is 0 Å². The van der Waals surface area contributed by atoms with E-state index in [0.717, 1.165) is 17.0 Å². The van der Waals surface area contributed by atoms with Gasteiger partial charge in [0.2, 0.25) is 0 Å². The number of ether oxygens (including phenoxy) is 1. The molecule has 0 saturated carbocycles. The van der Waals surface area contributed by atoms with Crippen LogP contribution in [0.1, 0.15) is 5.56 Å². The molecule has 0 saturated heterocycles. The molecular formula is C17H16ClNO2. The zero-order valence-electron chi connectivity index (χ0n) is 11.8. The van der Waals surface area contributed by atoms with Crippen LogP contribution >= 0.6 is 11.6 Å². The summed E-state index contributed by atoms with van der Waals surface area (Å²) in [4.78, 5) is 13.7. The molecule has 0 aliphatic rings. The van der Waals surface area contributed by atoms with Crippen LogP contribution in [0.15, 0.2) is 61.2 Å². The summed E-state index contributed by atoms with van der Waals surface area (Å²) in [6.07, 6.45) is 1.30. The lowest BCUT2D eigenvalue weighted by molar-refractivity contribution is -0.114. The van der Waals surface area contributed by atoms with E-state index in [-0.39, 0.29) is 5.91 Å². The lowest BCUT2D eigenvalue weighted by atomic mass is 10.2. The van der Waals surface area contributed by atoms with E-state index >= 15 is 0 Å². The van der Waals surface area contributed by atoms with Crippen LogP contribution in [0.4, 0.5) is 5.69 Å². The molecule has 2 aromatic rings. The van der Waals surface area contributed by atoms with Gasteiger partial charge in [-0.05, 0) is 42.0 Å². The van der Waals surface area contributed by atoms with Gasteiger partial charge < -0.3 is 9.64 Å². The molecule has 4 heteroatoms. The van der Waals surface area contributed by atoms with Gasteiger partial charge in [-0.25, -0.2) is 0 Å². The van der Waals surface area contributed by atoms with Gasteiger partial charge in [0.1, 0.15) is 5.75 Å². The van der Waals surface area contributed by atoms with E-state index in [2.05, 4.69) is 6.58 Å². The molecule has 0 N–H and O–H groups in total. The van der Waals surface area contributed by atoms with Gasteiger partial charge in [0.25, 0.3) is 5.91 Å². The predicted molar refractivity (Wildman–Crippen MR) is 85.8 cm³/mol. The molecular weight excluding hydrogens is 286 g/mol. The first-order valence-corrected chi connectivity index (χ1v) is 6.84. The summed E-state index contributed by atoms with van der Waals surface area (Å²) >= 11 is 6.00. The first kappa shape index (κ1) is 15.1. The van der Waals surface area contributed by atoms with Crippen molar-refractivity contribution in [1.82, 2.24) is 0 Å². The van der Waals surface area contributed by atoms with Crippen molar-refractivity contribution in [3.05, 3.63) is 71.8 Å². The number of amides is 1. The van der Waals surface area contributed by atoms with E-state index in [4.69, 9.17) is 16.3 Å². The molecule has 0 radical (unpaired) electrons. The van der Waals surface area contributed by atoms with E-state index in [9.17, 15) is 4.79 Å². The molecule has 21 heavy (non-hydrogen) atoms. The first-order chi connectivity index (χ1) is 10.1. The minimum Gasteiger partial charge on any atom is -0.497 e. The highest BCUT2D eigenvalue weighted by Gasteiger charge is 2.13. The fourth-order valence-corrected chi connectivity index (χ4v) is 2.15. The van der Waals surface area contributed by atoms with Crippen LogP contribution in [0.3, 0.4) is 0 Å². The van der Waals surface area contributed by atoms with E-state index in [1.807, 2.05) is 36.4 Å². The van der Waals surface area contributed by atoms with Gasteiger partial charge in [0, 0.05) is 10.7 Å². The molecule has 0 bridgehead atoms. The highest BCUT2D eigenvalue weighted by atomic mass is 35.5. The van der Waals surface area contributed by atoms with E-state index < -0.39 is 0 Å². The summed E-state index contributed by atoms with van der Waals surface area (Å²) in [7, 11) is 1.62. The fourth-order valence-electron chi connectivity index (χ4n) is 1.96. The molecule has 0 atom stereocenters. The Balaban J connectivity index is 2.28. The largest absolute Gasteiger partial charge is 0.497 e. The van der Waals surface area contributed by atoms with E-state index in [1.165, 1.54) is 6.08 Å². The highest BCUT2D eigenvalue weighted by molar-refractivity contribution is 6.30. The molecule has 2 rings (SSSR count). The Morgan fingerprint density at radius 1 is 1.29 bits per heavy atom. The van der Waals surface area contributed by atoms with Crippen molar-refractivity contribution in [3.63, 3.8) is 0 Å². The van der Waals surface area contributed by atoms with Gasteiger partial charge in [0.15, 0.2) is 0 Å². The van der Waals surface area contributed by atoms with Gasteiger partial charge in [-0.2, -0.15) is 0 Å². The van der Waals surface area contributed by atoms with Crippen LogP contribution in [0.2, 0.25) is 5.02 Å². The minimum atomic E-state index is -0.173. The summed E-state index contributed by atoms with van der Waals surface area (Å²) < 4.78 is 5.13. The number of carbonyl (C=O) groups is 1. The SMILES string of the molecule is C=CC(=O)N(Cc1ccc(OC)cc1)c1cccc(Cl)c1. The van der Waals surface area contributed by atoms with Crippen molar-refractivity contribution < 1.29 is 9.53 Å². The van der Waals surface area contributed by atoms with Gasteiger partial charge in [-0.15, -0.1) is 0 Å². The van der Waals surface area contributed by atoms with Crippen molar-refractivity contribution in [1.29, 1.82) is 0 Å². The molecule has 0 aliphatic carbocycles. The third kappa shape index (κ3) is 3.86. The summed E-state index contributed by atoms with van der Waals surface area (Å²) in [5, 5.41) is 0.587. The van der Waals surface area contributed by atoms with Crippen molar-refractivity contribution in [3.8, 4) is 5.75 Å². The molecule has 3 nitrogen and oxygen atoms in total. The summed E-state index contributed by atoms with van der Waals surface area (Å²) in [5.41, 5.74) is 1.73. The normalized spacial score (nSPS) is 10.0. The number of anilines is 1. The number of hydrogen-bond acceptors (Lipinski definition) is 2. The summed E-state index contributed by atoms with van der Waals surface area (Å²) in [5.74, 6) is 0.608. The lowest BCUT2D eigenvalue weighted by Crippen LogP contribution is -2.28. The maximum atomic E-state index is 12.1. The smallest absolute Gasteiger partial charge is 0.250 e. The summed E-state index contributed by atoms with van der Waals surface area (Å²) in [6.45, 7) is 3.99. The quantitative estimate of drug-likeness (QED) is 0.779. The van der Waals surface area contributed by atoms with Gasteiger partial charge in [-0.3, -0.25) is 4.79 Å². The van der Waals surface area contributed by atoms with Crippen LogP contribution in [0.5, 0.6) is 5.75 Å².